The molecule has 8 heteroatoms. The molecule has 2 N–H and O–H groups in total. The molecule has 7 nitrogen and oxygen atoms in total. The minimum atomic E-state index is 0. The Morgan fingerprint density at radius 3 is 2.71 bits per heavy atom. The highest BCUT2D eigenvalue weighted by molar-refractivity contribution is 14.0. The van der Waals surface area contributed by atoms with Crippen LogP contribution >= 0.6 is 24.0 Å². The van der Waals surface area contributed by atoms with Crippen LogP contribution in [-0.2, 0) is 13.1 Å². The zero-order valence-electron chi connectivity index (χ0n) is 12.2. The van der Waals surface area contributed by atoms with Crippen molar-refractivity contribution < 1.29 is 4.52 Å². The molecule has 21 heavy (non-hydrogen) atoms. The zero-order valence-corrected chi connectivity index (χ0v) is 14.6. The van der Waals surface area contributed by atoms with Gasteiger partial charge < -0.3 is 19.7 Å². The minimum absolute atomic E-state index is 0. The van der Waals surface area contributed by atoms with E-state index in [1.54, 1.807) is 6.92 Å². The Morgan fingerprint density at radius 1 is 1.33 bits per heavy atom. The van der Waals surface area contributed by atoms with E-state index < -0.39 is 0 Å². The monoisotopic (exact) mass is 404 g/mol. The van der Waals surface area contributed by atoms with Gasteiger partial charge in [0.1, 0.15) is 6.54 Å². The Labute approximate surface area is 141 Å². The summed E-state index contributed by atoms with van der Waals surface area (Å²) in [5.74, 6) is 1.89. The summed E-state index contributed by atoms with van der Waals surface area (Å²) in [6, 6.07) is 4.02. The second kappa shape index (κ2) is 9.37. The number of aliphatic imine (C=N–C) groups is 1. The minimum Gasteiger partial charge on any atom is -0.357 e. The van der Waals surface area contributed by atoms with Gasteiger partial charge in [0, 0.05) is 32.0 Å². The molecular weight excluding hydrogens is 383 g/mol. The Hall–Kier alpha value is -1.58. The van der Waals surface area contributed by atoms with Crippen molar-refractivity contribution in [3.05, 3.63) is 36.2 Å². The first kappa shape index (κ1) is 17.5. The summed E-state index contributed by atoms with van der Waals surface area (Å²) < 4.78 is 7.14. The van der Waals surface area contributed by atoms with E-state index in [4.69, 9.17) is 4.52 Å². The van der Waals surface area contributed by atoms with Gasteiger partial charge in [-0.15, -0.1) is 24.0 Å². The highest BCUT2D eigenvalue weighted by atomic mass is 127. The fraction of sp³-hybridized carbons (Fsp3) is 0.462. The van der Waals surface area contributed by atoms with Gasteiger partial charge in [0.25, 0.3) is 0 Å². The lowest BCUT2D eigenvalue weighted by molar-refractivity contribution is 0.376. The van der Waals surface area contributed by atoms with E-state index in [1.165, 1.54) is 0 Å². The van der Waals surface area contributed by atoms with Crippen LogP contribution in [0.5, 0.6) is 0 Å². The topological polar surface area (TPSA) is 80.3 Å². The fourth-order valence-electron chi connectivity index (χ4n) is 1.72. The van der Waals surface area contributed by atoms with Crippen LogP contribution in [0.1, 0.15) is 18.6 Å². The molecule has 0 saturated carbocycles. The Bertz CT molecular complexity index is 537. The second-order valence-corrected chi connectivity index (χ2v) is 4.28. The number of nitrogens with one attached hydrogen (secondary N) is 2. The number of halogens is 1. The van der Waals surface area contributed by atoms with Crippen molar-refractivity contribution in [2.75, 3.05) is 13.1 Å². The predicted octanol–water partition coefficient (Wildman–Crippen LogP) is 1.55. The van der Waals surface area contributed by atoms with Crippen LogP contribution in [0.3, 0.4) is 0 Å². The lowest BCUT2D eigenvalue weighted by atomic mass is 10.5. The van der Waals surface area contributed by atoms with Gasteiger partial charge in [-0.3, -0.25) is 0 Å². The van der Waals surface area contributed by atoms with Crippen LogP contribution in [0.2, 0.25) is 0 Å². The molecule has 0 bridgehead atoms. The molecule has 0 aromatic carbocycles. The van der Waals surface area contributed by atoms with E-state index in [-0.39, 0.29) is 24.0 Å². The molecule has 0 fully saturated rings. The van der Waals surface area contributed by atoms with Gasteiger partial charge in [0.2, 0.25) is 5.89 Å². The van der Waals surface area contributed by atoms with E-state index in [1.807, 2.05) is 31.5 Å². The lowest BCUT2D eigenvalue weighted by Crippen LogP contribution is -2.38. The molecule has 2 aromatic rings. The van der Waals surface area contributed by atoms with E-state index in [0.29, 0.717) is 18.3 Å². The van der Waals surface area contributed by atoms with E-state index in [0.717, 1.165) is 25.6 Å². The third-order valence-electron chi connectivity index (χ3n) is 2.61. The van der Waals surface area contributed by atoms with Crippen LogP contribution in [0, 0.1) is 6.92 Å². The highest BCUT2D eigenvalue weighted by Gasteiger charge is 2.02. The number of rotatable bonds is 6. The average molecular weight is 404 g/mol. The van der Waals surface area contributed by atoms with Crippen LogP contribution in [0.15, 0.2) is 34.0 Å². The van der Waals surface area contributed by atoms with Crippen molar-refractivity contribution in [1.82, 2.24) is 25.3 Å². The average Bonchev–Trinajstić information content (AvgIpc) is 3.07. The number of hydrogen-bond acceptors (Lipinski definition) is 4. The summed E-state index contributed by atoms with van der Waals surface area (Å²) in [5.41, 5.74) is 0. The second-order valence-electron chi connectivity index (χ2n) is 4.28. The molecule has 0 spiro atoms. The highest BCUT2D eigenvalue weighted by Crippen LogP contribution is 1.97. The maximum absolute atomic E-state index is 5.03. The molecule has 2 heterocycles. The maximum atomic E-state index is 5.03. The molecule has 0 aliphatic carbocycles. The van der Waals surface area contributed by atoms with E-state index >= 15 is 0 Å². The molecule has 0 saturated heterocycles. The van der Waals surface area contributed by atoms with Crippen molar-refractivity contribution in [3.63, 3.8) is 0 Å². The van der Waals surface area contributed by atoms with Crippen molar-refractivity contribution >= 4 is 29.9 Å². The fourth-order valence-corrected chi connectivity index (χ4v) is 1.72. The molecule has 0 aliphatic rings. The first-order valence-electron chi connectivity index (χ1n) is 6.70. The SMILES string of the molecule is CCNC(=NCc1nc(C)no1)NCCn1cccc1.I. The van der Waals surface area contributed by atoms with E-state index in [2.05, 4.69) is 30.3 Å². The number of guanidine groups is 1. The van der Waals surface area contributed by atoms with Crippen molar-refractivity contribution in [2.24, 2.45) is 4.99 Å². The van der Waals surface area contributed by atoms with Gasteiger partial charge in [-0.1, -0.05) is 5.16 Å². The summed E-state index contributed by atoms with van der Waals surface area (Å²) in [5, 5.41) is 10.2. The summed E-state index contributed by atoms with van der Waals surface area (Å²) >= 11 is 0. The largest absolute Gasteiger partial charge is 0.357 e. The Balaban J connectivity index is 0.00000220. The standard InChI is InChI=1S/C13H20N6O.HI/c1-3-14-13(15-6-9-19-7-4-5-8-19)16-10-12-17-11(2)18-20-12;/h4-5,7-8H,3,6,9-10H2,1-2H3,(H2,14,15,16);1H. The summed E-state index contributed by atoms with van der Waals surface area (Å²) in [6.07, 6.45) is 4.07. The normalized spacial score (nSPS) is 11.0. The molecular formula is C13H21IN6O. The third-order valence-corrected chi connectivity index (χ3v) is 2.61. The summed E-state index contributed by atoms with van der Waals surface area (Å²) in [6.45, 7) is 6.68. The smallest absolute Gasteiger partial charge is 0.248 e. The first-order chi connectivity index (χ1) is 9.78. The zero-order chi connectivity index (χ0) is 14.2. The Kier molecular flexibility index (Phi) is 7.80. The van der Waals surface area contributed by atoms with Crippen LogP contribution < -0.4 is 10.6 Å². The lowest BCUT2D eigenvalue weighted by Gasteiger charge is -2.11. The van der Waals surface area contributed by atoms with Crippen LogP contribution in [0.25, 0.3) is 0 Å². The third kappa shape index (κ3) is 6.15. The van der Waals surface area contributed by atoms with Crippen molar-refractivity contribution in [1.29, 1.82) is 0 Å². The van der Waals surface area contributed by atoms with Gasteiger partial charge in [0.15, 0.2) is 11.8 Å². The molecule has 0 atom stereocenters. The predicted molar refractivity (Wildman–Crippen MR) is 91.7 cm³/mol. The van der Waals surface area contributed by atoms with Crippen LogP contribution in [0.4, 0.5) is 0 Å². The molecule has 2 rings (SSSR count). The number of hydrogen-bond donors (Lipinski definition) is 2. The van der Waals surface area contributed by atoms with Crippen LogP contribution in [-0.4, -0.2) is 33.8 Å². The number of aryl methyl sites for hydroxylation is 1. The van der Waals surface area contributed by atoms with Gasteiger partial charge in [-0.2, -0.15) is 4.98 Å². The van der Waals surface area contributed by atoms with Gasteiger partial charge in [0.05, 0.1) is 0 Å². The van der Waals surface area contributed by atoms with Gasteiger partial charge in [-0.25, -0.2) is 4.99 Å². The summed E-state index contributed by atoms with van der Waals surface area (Å²) in [4.78, 5) is 8.52. The molecule has 0 unspecified atom stereocenters. The van der Waals surface area contributed by atoms with Crippen molar-refractivity contribution in [3.8, 4) is 0 Å². The van der Waals surface area contributed by atoms with Crippen molar-refractivity contribution in [2.45, 2.75) is 26.9 Å². The summed E-state index contributed by atoms with van der Waals surface area (Å²) in [7, 11) is 0. The molecule has 0 radical (unpaired) electrons. The van der Waals surface area contributed by atoms with Gasteiger partial charge >= 0.3 is 0 Å². The molecule has 116 valence electrons. The number of nitrogens with zero attached hydrogens (tertiary/aromatic N) is 4. The van der Waals surface area contributed by atoms with Gasteiger partial charge in [-0.05, 0) is 26.0 Å². The quantitative estimate of drug-likeness (QED) is 0.434. The molecule has 2 aromatic heterocycles. The molecule has 0 aliphatic heterocycles. The van der Waals surface area contributed by atoms with E-state index in [9.17, 15) is 0 Å². The maximum Gasteiger partial charge on any atom is 0.248 e. The Morgan fingerprint density at radius 2 is 2.10 bits per heavy atom. The molecule has 0 amide bonds. The first-order valence-corrected chi connectivity index (χ1v) is 6.70. The number of aromatic nitrogens is 3.